The van der Waals surface area contributed by atoms with Crippen LogP contribution in [0.4, 0.5) is 5.69 Å². The highest BCUT2D eigenvalue weighted by Gasteiger charge is 2.23. The molecule has 0 aromatic heterocycles. The molecule has 3 rings (SSSR count). The first-order chi connectivity index (χ1) is 13.0. The molecule has 4 nitrogen and oxygen atoms in total. The van der Waals surface area contributed by atoms with Crippen LogP contribution in [0, 0.1) is 0 Å². The molecule has 5 heteroatoms. The van der Waals surface area contributed by atoms with Crippen molar-refractivity contribution < 1.29 is 9.59 Å². The molecule has 1 heterocycles. The monoisotopic (exact) mass is 384 g/mol. The summed E-state index contributed by atoms with van der Waals surface area (Å²) in [6.07, 6.45) is 3.75. The molecule has 142 valence electrons. The summed E-state index contributed by atoms with van der Waals surface area (Å²) < 4.78 is 0. The number of anilines is 1. The van der Waals surface area contributed by atoms with Gasteiger partial charge in [-0.3, -0.25) is 9.59 Å². The first kappa shape index (κ1) is 19.4. The lowest BCUT2D eigenvalue weighted by molar-refractivity contribution is 0.0635. The van der Waals surface area contributed by atoms with Crippen LogP contribution in [0.25, 0.3) is 0 Å². The summed E-state index contributed by atoms with van der Waals surface area (Å²) in [5.41, 5.74) is 2.28. The number of amides is 1. The molecular formula is C22H25ClN2O2. The number of piperidine rings is 1. The van der Waals surface area contributed by atoms with Crippen LogP contribution in [0.5, 0.6) is 0 Å². The second-order valence-corrected chi connectivity index (χ2v) is 7.46. The zero-order chi connectivity index (χ0) is 19.2. The van der Waals surface area contributed by atoms with Crippen LogP contribution < -0.4 is 5.32 Å². The third-order valence-corrected chi connectivity index (χ3v) is 5.30. The van der Waals surface area contributed by atoms with E-state index in [0.29, 0.717) is 35.2 Å². The second-order valence-electron chi connectivity index (χ2n) is 7.03. The van der Waals surface area contributed by atoms with Crippen LogP contribution in [-0.2, 0) is 0 Å². The summed E-state index contributed by atoms with van der Waals surface area (Å²) in [4.78, 5) is 26.8. The maximum absolute atomic E-state index is 12.7. The van der Waals surface area contributed by atoms with Gasteiger partial charge in [-0.05, 0) is 74.7 Å². The molecule has 0 radical (unpaired) electrons. The number of Topliss-reactive ketones (excluding diaryl/α,β-unsaturated/α-hetero) is 1. The van der Waals surface area contributed by atoms with Gasteiger partial charge in [0.15, 0.2) is 5.78 Å². The van der Waals surface area contributed by atoms with E-state index in [-0.39, 0.29) is 11.7 Å². The average Bonchev–Trinajstić information content (AvgIpc) is 2.69. The molecule has 2 aromatic rings. The molecular weight excluding hydrogens is 360 g/mol. The Morgan fingerprint density at radius 1 is 1.04 bits per heavy atom. The van der Waals surface area contributed by atoms with E-state index in [4.69, 9.17) is 11.6 Å². The lowest BCUT2D eigenvalue weighted by Crippen LogP contribution is -2.41. The van der Waals surface area contributed by atoms with Gasteiger partial charge in [0.05, 0.1) is 0 Å². The van der Waals surface area contributed by atoms with Crippen molar-refractivity contribution in [2.24, 2.45) is 0 Å². The molecule has 1 aliphatic rings. The van der Waals surface area contributed by atoms with Crippen LogP contribution in [0.15, 0.2) is 48.5 Å². The SMILES string of the molecule is CC1CCCCN1C(=O)c1ccc(NCCC(=O)c2ccc(Cl)cc2)cc1. The fourth-order valence-electron chi connectivity index (χ4n) is 3.40. The predicted molar refractivity (Wildman–Crippen MR) is 110 cm³/mol. The number of rotatable bonds is 6. The van der Waals surface area contributed by atoms with Gasteiger partial charge in [-0.15, -0.1) is 0 Å². The van der Waals surface area contributed by atoms with E-state index in [0.717, 1.165) is 25.1 Å². The Kier molecular flexibility index (Phi) is 6.51. The number of carbonyl (C=O) groups is 2. The average molecular weight is 385 g/mol. The van der Waals surface area contributed by atoms with Gasteiger partial charge in [-0.1, -0.05) is 11.6 Å². The molecule has 0 saturated carbocycles. The third-order valence-electron chi connectivity index (χ3n) is 5.04. The maximum Gasteiger partial charge on any atom is 0.254 e. The highest BCUT2D eigenvalue weighted by Crippen LogP contribution is 2.20. The second kappa shape index (κ2) is 9.05. The molecule has 0 aliphatic carbocycles. The molecule has 1 amide bonds. The minimum Gasteiger partial charge on any atom is -0.385 e. The lowest BCUT2D eigenvalue weighted by Gasteiger charge is -2.33. The third kappa shape index (κ3) is 5.10. The van der Waals surface area contributed by atoms with Crippen molar-refractivity contribution in [3.63, 3.8) is 0 Å². The van der Waals surface area contributed by atoms with E-state index >= 15 is 0 Å². The number of ketones is 1. The topological polar surface area (TPSA) is 49.4 Å². The van der Waals surface area contributed by atoms with E-state index < -0.39 is 0 Å². The molecule has 1 aliphatic heterocycles. The molecule has 1 fully saturated rings. The van der Waals surface area contributed by atoms with Crippen molar-refractivity contribution in [2.75, 3.05) is 18.4 Å². The lowest BCUT2D eigenvalue weighted by atomic mass is 10.0. The predicted octanol–water partition coefficient (Wildman–Crippen LogP) is 5.04. The van der Waals surface area contributed by atoms with E-state index in [9.17, 15) is 9.59 Å². The van der Waals surface area contributed by atoms with Crippen LogP contribution >= 0.6 is 11.6 Å². The number of benzene rings is 2. The standard InChI is InChI=1S/C22H25ClN2O2/c1-16-4-2-3-15-25(16)22(27)18-7-11-20(12-8-18)24-14-13-21(26)17-5-9-19(23)10-6-17/h5-12,16,24H,2-4,13-15H2,1H3. The van der Waals surface area contributed by atoms with Crippen LogP contribution in [0.3, 0.4) is 0 Å². The van der Waals surface area contributed by atoms with Gasteiger partial charge in [0.1, 0.15) is 0 Å². The number of hydrogen-bond donors (Lipinski definition) is 1. The van der Waals surface area contributed by atoms with Crippen molar-refractivity contribution in [2.45, 2.75) is 38.6 Å². The number of likely N-dealkylation sites (tertiary alicyclic amines) is 1. The molecule has 1 unspecified atom stereocenters. The molecule has 27 heavy (non-hydrogen) atoms. The van der Waals surface area contributed by atoms with Crippen molar-refractivity contribution in [3.05, 3.63) is 64.7 Å². The minimum absolute atomic E-state index is 0.0741. The summed E-state index contributed by atoms with van der Waals surface area (Å²) >= 11 is 5.84. The van der Waals surface area contributed by atoms with Gasteiger partial charge in [-0.2, -0.15) is 0 Å². The fraction of sp³-hybridized carbons (Fsp3) is 0.364. The normalized spacial score (nSPS) is 16.8. The molecule has 0 spiro atoms. The number of halogens is 1. The summed E-state index contributed by atoms with van der Waals surface area (Å²) in [7, 11) is 0. The smallest absolute Gasteiger partial charge is 0.254 e. The zero-order valence-corrected chi connectivity index (χ0v) is 16.3. The Morgan fingerprint density at radius 3 is 2.37 bits per heavy atom. The van der Waals surface area contributed by atoms with Gasteiger partial charge in [0.2, 0.25) is 0 Å². The van der Waals surface area contributed by atoms with Crippen LogP contribution in [-0.4, -0.2) is 35.7 Å². The first-order valence-electron chi connectivity index (χ1n) is 9.48. The fourth-order valence-corrected chi connectivity index (χ4v) is 3.52. The highest BCUT2D eigenvalue weighted by atomic mass is 35.5. The molecule has 0 bridgehead atoms. The van der Waals surface area contributed by atoms with Gasteiger partial charge >= 0.3 is 0 Å². The number of carbonyl (C=O) groups excluding carboxylic acids is 2. The summed E-state index contributed by atoms with van der Waals surface area (Å²) in [6, 6.07) is 14.7. The van der Waals surface area contributed by atoms with Gasteiger partial charge in [0, 0.05) is 47.4 Å². The number of nitrogens with one attached hydrogen (secondary N) is 1. The van der Waals surface area contributed by atoms with Crippen molar-refractivity contribution in [3.8, 4) is 0 Å². The van der Waals surface area contributed by atoms with Gasteiger partial charge in [-0.25, -0.2) is 0 Å². The van der Waals surface area contributed by atoms with E-state index in [1.54, 1.807) is 24.3 Å². The van der Waals surface area contributed by atoms with Gasteiger partial charge < -0.3 is 10.2 Å². The number of nitrogens with zero attached hydrogens (tertiary/aromatic N) is 1. The molecule has 1 N–H and O–H groups in total. The van der Waals surface area contributed by atoms with Crippen molar-refractivity contribution in [1.29, 1.82) is 0 Å². The van der Waals surface area contributed by atoms with E-state index in [1.165, 1.54) is 6.42 Å². The minimum atomic E-state index is 0.0741. The van der Waals surface area contributed by atoms with E-state index in [2.05, 4.69) is 12.2 Å². The highest BCUT2D eigenvalue weighted by molar-refractivity contribution is 6.30. The molecule has 1 atom stereocenters. The summed E-state index contributed by atoms with van der Waals surface area (Å²) in [6.45, 7) is 3.50. The van der Waals surface area contributed by atoms with E-state index in [1.807, 2.05) is 29.2 Å². The zero-order valence-electron chi connectivity index (χ0n) is 15.6. The Bertz CT molecular complexity index is 787. The number of hydrogen-bond acceptors (Lipinski definition) is 3. The maximum atomic E-state index is 12.7. The van der Waals surface area contributed by atoms with Gasteiger partial charge in [0.25, 0.3) is 5.91 Å². The first-order valence-corrected chi connectivity index (χ1v) is 9.86. The summed E-state index contributed by atoms with van der Waals surface area (Å²) in [5.74, 6) is 0.178. The summed E-state index contributed by atoms with van der Waals surface area (Å²) in [5, 5.41) is 3.86. The Balaban J connectivity index is 1.51. The largest absolute Gasteiger partial charge is 0.385 e. The Morgan fingerprint density at radius 2 is 1.70 bits per heavy atom. The Hall–Kier alpha value is -2.33. The van der Waals surface area contributed by atoms with Crippen molar-refractivity contribution in [1.82, 2.24) is 4.90 Å². The molecule has 1 saturated heterocycles. The van der Waals surface area contributed by atoms with Crippen molar-refractivity contribution >= 4 is 29.0 Å². The van der Waals surface area contributed by atoms with Crippen LogP contribution in [0.1, 0.15) is 53.3 Å². The Labute approximate surface area is 165 Å². The quantitative estimate of drug-likeness (QED) is 0.710. The van der Waals surface area contributed by atoms with Crippen LogP contribution in [0.2, 0.25) is 5.02 Å². The molecule has 2 aromatic carbocycles.